The molecule has 1 aliphatic carbocycles. The molecule has 2 aromatic rings. The van der Waals surface area contributed by atoms with Crippen LogP contribution in [0.1, 0.15) is 43.7 Å². The molecule has 2 aromatic carbocycles. The van der Waals surface area contributed by atoms with Crippen LogP contribution in [0.3, 0.4) is 0 Å². The van der Waals surface area contributed by atoms with Gasteiger partial charge in [-0.2, -0.15) is 0 Å². The second-order valence-electron chi connectivity index (χ2n) is 6.96. The fraction of sp³-hybridized carbons (Fsp3) is 0.429. The van der Waals surface area contributed by atoms with Crippen LogP contribution >= 0.6 is 0 Å². The molecule has 3 heteroatoms. The quantitative estimate of drug-likeness (QED) is 0.700. The van der Waals surface area contributed by atoms with E-state index in [0.717, 1.165) is 18.0 Å². The lowest BCUT2D eigenvalue weighted by atomic mass is 10.0. The van der Waals surface area contributed by atoms with Gasteiger partial charge in [0.05, 0.1) is 10.8 Å². The topological polar surface area (TPSA) is 20.3 Å². The first-order valence-corrected chi connectivity index (χ1v) is 10.2. The van der Waals surface area contributed by atoms with Crippen LogP contribution < -0.4 is 0 Å². The highest BCUT2D eigenvalue weighted by molar-refractivity contribution is 7.85. The largest absolute Gasteiger partial charge is 0.295 e. The summed E-state index contributed by atoms with van der Waals surface area (Å²) in [6.07, 6.45) is 2.56. The van der Waals surface area contributed by atoms with E-state index in [1.165, 1.54) is 24.0 Å². The van der Waals surface area contributed by atoms with Crippen molar-refractivity contribution in [2.45, 2.75) is 50.1 Å². The van der Waals surface area contributed by atoms with Gasteiger partial charge in [-0.3, -0.25) is 9.11 Å². The molecule has 0 spiro atoms. The molecule has 1 unspecified atom stereocenters. The summed E-state index contributed by atoms with van der Waals surface area (Å²) in [6, 6.07) is 19.5. The first-order chi connectivity index (χ1) is 11.6. The lowest BCUT2D eigenvalue weighted by Crippen LogP contribution is -2.29. The Labute approximate surface area is 148 Å². The van der Waals surface area contributed by atoms with Gasteiger partial charge in [0.2, 0.25) is 0 Å². The Hall–Kier alpha value is -1.45. The Morgan fingerprint density at radius 3 is 2.29 bits per heavy atom. The third-order valence-electron chi connectivity index (χ3n) is 4.67. The zero-order valence-electron chi connectivity index (χ0n) is 14.7. The molecule has 0 heterocycles. The Kier molecular flexibility index (Phi) is 5.85. The fourth-order valence-corrected chi connectivity index (χ4v) is 4.06. The van der Waals surface area contributed by atoms with Crippen molar-refractivity contribution in [1.29, 1.82) is 0 Å². The lowest BCUT2D eigenvalue weighted by molar-refractivity contribution is 0.271. The second kappa shape index (κ2) is 8.09. The van der Waals surface area contributed by atoms with Gasteiger partial charge in [-0.15, -0.1) is 0 Å². The van der Waals surface area contributed by atoms with Gasteiger partial charge in [-0.1, -0.05) is 56.3 Å². The third kappa shape index (κ3) is 4.78. The minimum absolute atomic E-state index is 0.576. The predicted molar refractivity (Wildman–Crippen MR) is 102 cm³/mol. The summed E-state index contributed by atoms with van der Waals surface area (Å²) in [5, 5.41) is 0. The molecule has 3 rings (SSSR count). The van der Waals surface area contributed by atoms with E-state index >= 15 is 0 Å². The average molecular weight is 342 g/mol. The number of nitrogens with zero attached hydrogens (tertiary/aromatic N) is 1. The van der Waals surface area contributed by atoms with Gasteiger partial charge in [-0.25, -0.2) is 0 Å². The van der Waals surface area contributed by atoms with E-state index in [4.69, 9.17) is 0 Å². The molecule has 1 fully saturated rings. The minimum atomic E-state index is -0.902. The van der Waals surface area contributed by atoms with E-state index in [2.05, 4.69) is 43.0 Å². The molecule has 0 N–H and O–H groups in total. The number of benzene rings is 2. The Bertz CT molecular complexity index is 662. The summed E-state index contributed by atoms with van der Waals surface area (Å²) in [4.78, 5) is 3.44. The van der Waals surface area contributed by atoms with Crippen LogP contribution in [-0.2, 0) is 17.3 Å². The fourth-order valence-electron chi connectivity index (χ4n) is 2.96. The van der Waals surface area contributed by atoms with Crippen molar-refractivity contribution in [1.82, 2.24) is 4.90 Å². The molecule has 128 valence electrons. The first-order valence-electron chi connectivity index (χ1n) is 8.90. The van der Waals surface area contributed by atoms with Crippen molar-refractivity contribution in [3.8, 4) is 0 Å². The van der Waals surface area contributed by atoms with Crippen molar-refractivity contribution < 1.29 is 4.21 Å². The monoisotopic (exact) mass is 341 g/mol. The predicted octanol–water partition coefficient (Wildman–Crippen LogP) is 4.58. The molecule has 2 nitrogen and oxygen atoms in total. The van der Waals surface area contributed by atoms with Gasteiger partial charge in [0.15, 0.2) is 0 Å². The van der Waals surface area contributed by atoms with E-state index in [0.29, 0.717) is 17.7 Å². The molecular formula is C21H27NOS. The van der Waals surface area contributed by atoms with Crippen LogP contribution in [0.5, 0.6) is 0 Å². The SMILES string of the molecule is CC(C)c1ccc(CN(CCS(=O)c2ccccc2)C2CC2)cc1. The highest BCUT2D eigenvalue weighted by Gasteiger charge is 2.29. The van der Waals surface area contributed by atoms with E-state index < -0.39 is 10.8 Å². The van der Waals surface area contributed by atoms with E-state index in [1.807, 2.05) is 30.3 Å². The maximum atomic E-state index is 12.4. The third-order valence-corrected chi connectivity index (χ3v) is 6.02. The van der Waals surface area contributed by atoms with Crippen molar-refractivity contribution in [3.63, 3.8) is 0 Å². The molecule has 0 bridgehead atoms. The van der Waals surface area contributed by atoms with Crippen LogP contribution in [0, 0.1) is 0 Å². The van der Waals surface area contributed by atoms with Gasteiger partial charge in [0.1, 0.15) is 0 Å². The van der Waals surface area contributed by atoms with Crippen molar-refractivity contribution >= 4 is 10.8 Å². The van der Waals surface area contributed by atoms with Crippen LogP contribution in [0.2, 0.25) is 0 Å². The summed E-state index contributed by atoms with van der Waals surface area (Å²) in [5.74, 6) is 1.29. The summed E-state index contributed by atoms with van der Waals surface area (Å²) in [7, 11) is -0.902. The summed E-state index contributed by atoms with van der Waals surface area (Å²) < 4.78 is 12.4. The Morgan fingerprint density at radius 2 is 1.71 bits per heavy atom. The molecule has 0 aromatic heterocycles. The van der Waals surface area contributed by atoms with Gasteiger partial charge in [0.25, 0.3) is 0 Å². The second-order valence-corrected chi connectivity index (χ2v) is 8.53. The lowest BCUT2D eigenvalue weighted by Gasteiger charge is -2.22. The zero-order chi connectivity index (χ0) is 16.9. The Morgan fingerprint density at radius 1 is 1.04 bits per heavy atom. The first kappa shape index (κ1) is 17.4. The summed E-state index contributed by atoms with van der Waals surface area (Å²) >= 11 is 0. The normalized spacial score (nSPS) is 15.8. The van der Waals surface area contributed by atoms with Crippen LogP contribution in [-0.4, -0.2) is 27.4 Å². The molecule has 0 radical (unpaired) electrons. The van der Waals surface area contributed by atoms with Crippen molar-refractivity contribution in [3.05, 3.63) is 65.7 Å². The number of hydrogen-bond donors (Lipinski definition) is 0. The van der Waals surface area contributed by atoms with Gasteiger partial charge in [0, 0.05) is 29.8 Å². The van der Waals surface area contributed by atoms with Crippen LogP contribution in [0.15, 0.2) is 59.5 Å². The molecule has 1 aliphatic rings. The molecular weight excluding hydrogens is 314 g/mol. The van der Waals surface area contributed by atoms with Gasteiger partial charge in [-0.05, 0) is 42.0 Å². The molecule has 0 aliphatic heterocycles. The summed E-state index contributed by atoms with van der Waals surface area (Å²) in [6.45, 7) is 6.32. The molecule has 1 saturated carbocycles. The molecule has 24 heavy (non-hydrogen) atoms. The Balaban J connectivity index is 1.58. The number of hydrogen-bond acceptors (Lipinski definition) is 2. The molecule has 0 amide bonds. The van der Waals surface area contributed by atoms with Crippen LogP contribution in [0.25, 0.3) is 0 Å². The van der Waals surface area contributed by atoms with Crippen LogP contribution in [0.4, 0.5) is 0 Å². The molecule has 0 saturated heterocycles. The summed E-state index contributed by atoms with van der Waals surface area (Å²) in [5.41, 5.74) is 2.75. The average Bonchev–Trinajstić information content (AvgIpc) is 3.44. The van der Waals surface area contributed by atoms with E-state index in [9.17, 15) is 4.21 Å². The maximum Gasteiger partial charge on any atom is 0.0542 e. The van der Waals surface area contributed by atoms with Crippen molar-refractivity contribution in [2.75, 3.05) is 12.3 Å². The van der Waals surface area contributed by atoms with Crippen molar-refractivity contribution in [2.24, 2.45) is 0 Å². The standard InChI is InChI=1S/C21H27NOS/c1-17(2)19-10-8-18(9-11-19)16-22(20-12-13-20)14-15-24(23)21-6-4-3-5-7-21/h3-11,17,20H,12-16H2,1-2H3. The number of rotatable bonds is 8. The highest BCUT2D eigenvalue weighted by atomic mass is 32.2. The van der Waals surface area contributed by atoms with E-state index in [1.54, 1.807) is 0 Å². The van der Waals surface area contributed by atoms with Gasteiger partial charge >= 0.3 is 0 Å². The van der Waals surface area contributed by atoms with E-state index in [-0.39, 0.29) is 0 Å². The smallest absolute Gasteiger partial charge is 0.0542 e. The molecule has 1 atom stereocenters. The zero-order valence-corrected chi connectivity index (χ0v) is 15.5. The minimum Gasteiger partial charge on any atom is -0.295 e. The van der Waals surface area contributed by atoms with Gasteiger partial charge < -0.3 is 0 Å². The highest BCUT2D eigenvalue weighted by Crippen LogP contribution is 2.28. The maximum absolute atomic E-state index is 12.4.